The van der Waals surface area contributed by atoms with Gasteiger partial charge in [-0.05, 0) is 10.3 Å². The Morgan fingerprint density at radius 2 is 2.20 bits per heavy atom. The average Bonchev–Trinajstić information content (AvgIpc) is 2.88. The number of hydrogen-bond donors (Lipinski definition) is 3. The monoisotopic (exact) mass is 308 g/mol. The second-order valence-electron chi connectivity index (χ2n) is 3.29. The molecule has 116 valence electrons. The summed E-state index contributed by atoms with van der Waals surface area (Å²) < 4.78 is 19.6. The van der Waals surface area contributed by atoms with Gasteiger partial charge in [0.2, 0.25) is 5.82 Å². The minimum atomic E-state index is -2.42. The summed E-state index contributed by atoms with van der Waals surface area (Å²) in [6.45, 7) is 4.28. The van der Waals surface area contributed by atoms with Crippen LogP contribution in [0, 0.1) is 0 Å². The van der Waals surface area contributed by atoms with E-state index in [9.17, 15) is 4.21 Å². The van der Waals surface area contributed by atoms with E-state index in [1.807, 2.05) is 13.8 Å². The lowest BCUT2D eigenvalue weighted by Gasteiger charge is -2.04. The number of oxime groups is 1. The van der Waals surface area contributed by atoms with Crippen molar-refractivity contribution in [1.29, 1.82) is 0 Å². The number of nitrogens with one attached hydrogen (secondary N) is 1. The van der Waals surface area contributed by atoms with Crippen molar-refractivity contribution in [3.63, 3.8) is 0 Å². The minimum absolute atomic E-state index is 0.0729. The Balaban J connectivity index is 0.00000172. The topological polar surface area (TPSA) is 148 Å². The molecule has 0 saturated carbocycles. The molecule has 0 aliphatic carbocycles. The van der Waals surface area contributed by atoms with Crippen LogP contribution < -0.4 is 11.1 Å². The number of rotatable bonds is 6. The van der Waals surface area contributed by atoms with Gasteiger partial charge in [0.05, 0.1) is 22.6 Å². The van der Waals surface area contributed by atoms with Gasteiger partial charge in [0.15, 0.2) is 11.5 Å². The van der Waals surface area contributed by atoms with Crippen molar-refractivity contribution < 1.29 is 18.9 Å². The van der Waals surface area contributed by atoms with Crippen molar-refractivity contribution in [2.24, 2.45) is 15.4 Å². The van der Waals surface area contributed by atoms with E-state index in [1.165, 1.54) is 13.4 Å². The van der Waals surface area contributed by atoms with Gasteiger partial charge in [0.25, 0.3) is 0 Å². The number of amidine groups is 1. The van der Waals surface area contributed by atoms with Crippen LogP contribution in [-0.4, -0.2) is 51.2 Å². The maximum absolute atomic E-state index is 11.7. The van der Waals surface area contributed by atoms with Gasteiger partial charge in [-0.15, -0.1) is 0 Å². The fourth-order valence-electron chi connectivity index (χ4n) is 1.07. The van der Waals surface area contributed by atoms with Gasteiger partial charge in [0.1, 0.15) is 0 Å². The molecule has 0 aliphatic heterocycles. The van der Waals surface area contributed by atoms with Crippen molar-refractivity contribution in [2.75, 3.05) is 31.0 Å². The van der Waals surface area contributed by atoms with Crippen molar-refractivity contribution in [1.82, 2.24) is 10.3 Å². The van der Waals surface area contributed by atoms with E-state index in [-0.39, 0.29) is 29.6 Å². The summed E-state index contributed by atoms with van der Waals surface area (Å²) in [5, 5.41) is 21.0. The van der Waals surface area contributed by atoms with Crippen LogP contribution >= 0.6 is 0 Å². The van der Waals surface area contributed by atoms with Crippen molar-refractivity contribution in [3.05, 3.63) is 5.69 Å². The Labute approximate surface area is 117 Å². The van der Waals surface area contributed by atoms with E-state index in [4.69, 9.17) is 10.9 Å². The first-order valence-corrected chi connectivity index (χ1v) is 7.86. The van der Waals surface area contributed by atoms with Crippen LogP contribution in [0.1, 0.15) is 19.5 Å². The largest absolute Gasteiger partial charge is 0.409 e. The number of anilines is 1. The van der Waals surface area contributed by atoms with E-state index in [2.05, 4.69) is 34.8 Å². The molecule has 20 heavy (non-hydrogen) atoms. The molecule has 0 aromatic carbocycles. The summed E-state index contributed by atoms with van der Waals surface area (Å²) >= 11 is 0. The first-order valence-electron chi connectivity index (χ1n) is 5.77. The zero-order valence-electron chi connectivity index (χ0n) is 11.9. The average molecular weight is 308 g/mol. The SMILES string of the molecule is CC.CON=S(C)(=O)CCNc1nonc1/C(N)=N/O. The Bertz CT molecular complexity index is 534. The molecule has 1 aromatic rings. The van der Waals surface area contributed by atoms with Crippen LogP contribution in [0.4, 0.5) is 5.82 Å². The van der Waals surface area contributed by atoms with E-state index in [0.29, 0.717) is 0 Å². The van der Waals surface area contributed by atoms with Crippen molar-refractivity contribution in [3.8, 4) is 0 Å². The molecule has 0 spiro atoms. The van der Waals surface area contributed by atoms with Gasteiger partial charge < -0.3 is 16.3 Å². The van der Waals surface area contributed by atoms with E-state index < -0.39 is 9.73 Å². The van der Waals surface area contributed by atoms with Gasteiger partial charge in [-0.1, -0.05) is 23.5 Å². The lowest BCUT2D eigenvalue weighted by atomic mass is 10.4. The summed E-state index contributed by atoms with van der Waals surface area (Å²) in [5.74, 6) is 0.180. The minimum Gasteiger partial charge on any atom is -0.409 e. The molecule has 11 heteroatoms. The molecule has 4 N–H and O–H groups in total. The highest BCUT2D eigenvalue weighted by atomic mass is 32.2. The third-order valence-electron chi connectivity index (χ3n) is 1.84. The normalized spacial score (nSPS) is 13.9. The summed E-state index contributed by atoms with van der Waals surface area (Å²) in [7, 11) is -1.09. The summed E-state index contributed by atoms with van der Waals surface area (Å²) in [6, 6.07) is 0. The fourth-order valence-corrected chi connectivity index (χ4v) is 1.94. The molecule has 10 nitrogen and oxygen atoms in total. The molecule has 1 heterocycles. The summed E-state index contributed by atoms with van der Waals surface area (Å²) in [4.78, 5) is 4.48. The molecule has 0 amide bonds. The van der Waals surface area contributed by atoms with Crippen LogP contribution in [0.15, 0.2) is 14.3 Å². The standard InChI is InChI=1S/C7H14N6O4S.C2H6/c1-16-13-18(2,15)4-3-9-7-5(6(8)10-14)11-17-12-7;1-2/h14H,3-4H2,1-2H3,(H2,8,10)(H,9,12);1-2H3. The highest BCUT2D eigenvalue weighted by molar-refractivity contribution is 7.92. The smallest absolute Gasteiger partial charge is 0.202 e. The van der Waals surface area contributed by atoms with Gasteiger partial charge >= 0.3 is 0 Å². The van der Waals surface area contributed by atoms with Crippen LogP contribution in [0.2, 0.25) is 0 Å². The molecule has 1 rings (SSSR count). The zero-order chi connectivity index (χ0) is 15.6. The predicted molar refractivity (Wildman–Crippen MR) is 75.0 cm³/mol. The Hall–Kier alpha value is -1.88. The third-order valence-corrected chi connectivity index (χ3v) is 3.27. The van der Waals surface area contributed by atoms with Crippen LogP contribution in [0.25, 0.3) is 0 Å². The molecule has 0 fully saturated rings. The molecule has 0 radical (unpaired) electrons. The Kier molecular flexibility index (Phi) is 8.24. The quantitative estimate of drug-likeness (QED) is 0.293. The fraction of sp³-hybridized carbons (Fsp3) is 0.667. The molecule has 0 aliphatic rings. The van der Waals surface area contributed by atoms with Gasteiger partial charge in [-0.25, -0.2) is 13.7 Å². The molecule has 0 saturated heterocycles. The maximum atomic E-state index is 11.7. The molecule has 1 unspecified atom stereocenters. The van der Waals surface area contributed by atoms with Gasteiger partial charge in [-0.3, -0.25) is 0 Å². The lowest BCUT2D eigenvalue weighted by molar-refractivity contribution is 0.218. The maximum Gasteiger partial charge on any atom is 0.202 e. The van der Waals surface area contributed by atoms with Crippen LogP contribution in [0.3, 0.4) is 0 Å². The molecule has 1 aromatic heterocycles. The molecule has 1 atom stereocenters. The number of nitrogens with two attached hydrogens (primary N) is 1. The van der Waals surface area contributed by atoms with Gasteiger partial charge in [0, 0.05) is 12.8 Å². The first-order chi connectivity index (χ1) is 9.50. The molecular weight excluding hydrogens is 288 g/mol. The number of hydrogen-bond acceptors (Lipinski definition) is 9. The summed E-state index contributed by atoms with van der Waals surface area (Å²) in [5.41, 5.74) is 5.42. The van der Waals surface area contributed by atoms with Crippen molar-refractivity contribution >= 4 is 21.4 Å². The highest BCUT2D eigenvalue weighted by Crippen LogP contribution is 2.08. The van der Waals surface area contributed by atoms with Crippen LogP contribution in [-0.2, 0) is 14.6 Å². The second kappa shape index (κ2) is 9.09. The second-order valence-corrected chi connectivity index (χ2v) is 5.77. The number of aromatic nitrogens is 2. The first kappa shape index (κ1) is 18.1. The Morgan fingerprint density at radius 1 is 1.55 bits per heavy atom. The van der Waals surface area contributed by atoms with Crippen LogP contribution in [0.5, 0.6) is 0 Å². The predicted octanol–water partition coefficient (Wildman–Crippen LogP) is 0.261. The third kappa shape index (κ3) is 5.84. The number of nitrogens with zero attached hydrogens (tertiary/aromatic N) is 4. The zero-order valence-corrected chi connectivity index (χ0v) is 12.7. The molecule has 0 bridgehead atoms. The highest BCUT2D eigenvalue weighted by Gasteiger charge is 2.14. The van der Waals surface area contributed by atoms with E-state index in [1.54, 1.807) is 0 Å². The van der Waals surface area contributed by atoms with Gasteiger partial charge in [-0.2, -0.15) is 0 Å². The Morgan fingerprint density at radius 3 is 2.75 bits per heavy atom. The van der Waals surface area contributed by atoms with Crippen molar-refractivity contribution in [2.45, 2.75) is 13.8 Å². The van der Waals surface area contributed by atoms with E-state index >= 15 is 0 Å². The lowest BCUT2D eigenvalue weighted by Crippen LogP contribution is -2.19. The molecular formula is C9H20N6O4S. The van der Waals surface area contributed by atoms with E-state index in [0.717, 1.165) is 0 Å². The summed E-state index contributed by atoms with van der Waals surface area (Å²) in [6.07, 6.45) is 1.46.